The van der Waals surface area contributed by atoms with Gasteiger partial charge in [-0.25, -0.2) is 4.79 Å². The molecule has 1 fully saturated rings. The molecule has 1 aliphatic heterocycles. The third kappa shape index (κ3) is 4.49. The van der Waals surface area contributed by atoms with Gasteiger partial charge in [-0.2, -0.15) is 0 Å². The number of nitrogens with two attached hydrogens (primary N) is 1. The summed E-state index contributed by atoms with van der Waals surface area (Å²) in [5.74, 6) is 0.502. The van der Waals surface area contributed by atoms with Crippen molar-refractivity contribution < 1.29 is 14.3 Å². The number of carbonyl (C=O) groups is 2. The molecule has 3 amide bonds. The lowest BCUT2D eigenvalue weighted by Crippen LogP contribution is -2.51. The molecular weight excluding hydrogens is 298 g/mol. The fourth-order valence-electron chi connectivity index (χ4n) is 2.45. The van der Waals surface area contributed by atoms with Crippen molar-refractivity contribution in [3.05, 3.63) is 24.3 Å². The smallest absolute Gasteiger partial charge is 0.318 e. The summed E-state index contributed by atoms with van der Waals surface area (Å²) in [5.41, 5.74) is 11.6. The Kier molecular flexibility index (Phi) is 6.04. The lowest BCUT2D eigenvalue weighted by molar-refractivity contribution is -0.124. The maximum absolute atomic E-state index is 12.3. The summed E-state index contributed by atoms with van der Waals surface area (Å²) < 4.78 is 5.07. The van der Waals surface area contributed by atoms with Crippen LogP contribution in [0, 0.1) is 0 Å². The van der Waals surface area contributed by atoms with Gasteiger partial charge < -0.3 is 20.7 Å². The molecule has 1 atom stereocenters. The first kappa shape index (κ1) is 16.9. The normalized spacial score (nSPS) is 16.8. The number of benzene rings is 1. The molecule has 0 aliphatic carbocycles. The number of rotatable bonds is 6. The summed E-state index contributed by atoms with van der Waals surface area (Å²) in [6.45, 7) is 1.33. The van der Waals surface area contributed by atoms with Crippen LogP contribution in [0.2, 0.25) is 0 Å². The standard InChI is InChI=1S/C15H23N5O3/c1-23-12-6-4-11(5-7-12)18-19-14(21)13-3-2-10-20(13)15(22)17-9-8-16/h4-7,13,18H,2-3,8-10,16H2,1H3,(H,17,22)(H,19,21). The number of urea groups is 1. The zero-order valence-corrected chi connectivity index (χ0v) is 13.2. The van der Waals surface area contributed by atoms with E-state index in [0.717, 1.165) is 17.9 Å². The van der Waals surface area contributed by atoms with Crippen LogP contribution in [-0.4, -0.2) is 49.6 Å². The van der Waals surface area contributed by atoms with Gasteiger partial charge in [0.2, 0.25) is 0 Å². The van der Waals surface area contributed by atoms with E-state index < -0.39 is 6.04 Å². The number of anilines is 1. The third-order valence-corrected chi connectivity index (χ3v) is 3.66. The van der Waals surface area contributed by atoms with Gasteiger partial charge in [-0.1, -0.05) is 0 Å². The van der Waals surface area contributed by atoms with Gasteiger partial charge in [0, 0.05) is 19.6 Å². The van der Waals surface area contributed by atoms with Crippen molar-refractivity contribution in [3.8, 4) is 5.75 Å². The second-order valence-electron chi connectivity index (χ2n) is 5.21. The second-order valence-corrected chi connectivity index (χ2v) is 5.21. The van der Waals surface area contributed by atoms with Crippen molar-refractivity contribution in [1.82, 2.24) is 15.6 Å². The SMILES string of the molecule is COc1ccc(NNC(=O)C2CCCN2C(=O)NCCN)cc1. The molecule has 5 N–H and O–H groups in total. The van der Waals surface area contributed by atoms with Crippen LogP contribution in [0.5, 0.6) is 5.75 Å². The molecule has 0 bridgehead atoms. The van der Waals surface area contributed by atoms with E-state index in [2.05, 4.69) is 16.2 Å². The van der Waals surface area contributed by atoms with Crippen molar-refractivity contribution in [1.29, 1.82) is 0 Å². The van der Waals surface area contributed by atoms with E-state index in [4.69, 9.17) is 10.5 Å². The highest BCUT2D eigenvalue weighted by molar-refractivity contribution is 5.88. The number of nitrogens with zero attached hydrogens (tertiary/aromatic N) is 1. The number of likely N-dealkylation sites (tertiary alicyclic amines) is 1. The van der Waals surface area contributed by atoms with Crippen LogP contribution in [0.25, 0.3) is 0 Å². The van der Waals surface area contributed by atoms with E-state index in [-0.39, 0.29) is 11.9 Å². The number of hydrogen-bond donors (Lipinski definition) is 4. The van der Waals surface area contributed by atoms with Gasteiger partial charge in [-0.15, -0.1) is 0 Å². The zero-order valence-electron chi connectivity index (χ0n) is 13.2. The highest BCUT2D eigenvalue weighted by atomic mass is 16.5. The molecule has 126 valence electrons. The van der Waals surface area contributed by atoms with Crippen LogP contribution in [-0.2, 0) is 4.79 Å². The Bertz CT molecular complexity index is 534. The molecule has 8 nitrogen and oxygen atoms in total. The molecule has 1 aromatic carbocycles. The number of nitrogens with one attached hydrogen (secondary N) is 3. The van der Waals surface area contributed by atoms with Gasteiger partial charge in [0.25, 0.3) is 5.91 Å². The molecule has 0 saturated carbocycles. The van der Waals surface area contributed by atoms with Crippen molar-refractivity contribution >= 4 is 17.6 Å². The fraction of sp³-hybridized carbons (Fsp3) is 0.467. The van der Waals surface area contributed by atoms with E-state index in [1.54, 1.807) is 36.3 Å². The Morgan fingerprint density at radius 2 is 2.09 bits per heavy atom. The van der Waals surface area contributed by atoms with Gasteiger partial charge in [-0.3, -0.25) is 15.6 Å². The van der Waals surface area contributed by atoms with Crippen molar-refractivity contribution in [2.45, 2.75) is 18.9 Å². The van der Waals surface area contributed by atoms with Crippen LogP contribution in [0.4, 0.5) is 10.5 Å². The Hall–Kier alpha value is -2.48. The minimum absolute atomic E-state index is 0.235. The van der Waals surface area contributed by atoms with Gasteiger partial charge in [0.1, 0.15) is 11.8 Å². The van der Waals surface area contributed by atoms with Crippen LogP contribution in [0.3, 0.4) is 0 Å². The van der Waals surface area contributed by atoms with E-state index in [0.29, 0.717) is 26.1 Å². The summed E-state index contributed by atoms with van der Waals surface area (Å²) in [6.07, 6.45) is 1.45. The Morgan fingerprint density at radius 1 is 1.35 bits per heavy atom. The average Bonchev–Trinajstić information content (AvgIpc) is 3.08. The molecule has 0 aromatic heterocycles. The number of methoxy groups -OCH3 is 1. The topological polar surface area (TPSA) is 109 Å². The lowest BCUT2D eigenvalue weighted by Gasteiger charge is -2.24. The summed E-state index contributed by atoms with van der Waals surface area (Å²) in [5, 5.41) is 2.69. The van der Waals surface area contributed by atoms with Crippen molar-refractivity contribution in [2.75, 3.05) is 32.2 Å². The minimum Gasteiger partial charge on any atom is -0.497 e. The second kappa shape index (κ2) is 8.23. The van der Waals surface area contributed by atoms with Gasteiger partial charge in [0.05, 0.1) is 12.8 Å². The number of carbonyl (C=O) groups excluding carboxylic acids is 2. The number of ether oxygens (including phenoxy) is 1. The van der Waals surface area contributed by atoms with Gasteiger partial charge >= 0.3 is 6.03 Å². The molecule has 1 saturated heterocycles. The molecular formula is C15H23N5O3. The van der Waals surface area contributed by atoms with Gasteiger partial charge in [0.15, 0.2) is 0 Å². The van der Waals surface area contributed by atoms with E-state index >= 15 is 0 Å². The highest BCUT2D eigenvalue weighted by Gasteiger charge is 2.33. The Labute approximate surface area is 135 Å². The lowest BCUT2D eigenvalue weighted by atomic mass is 10.2. The van der Waals surface area contributed by atoms with Crippen LogP contribution in [0.1, 0.15) is 12.8 Å². The summed E-state index contributed by atoms with van der Waals surface area (Å²) >= 11 is 0. The van der Waals surface area contributed by atoms with Crippen LogP contribution >= 0.6 is 0 Å². The van der Waals surface area contributed by atoms with Crippen LogP contribution in [0.15, 0.2) is 24.3 Å². The third-order valence-electron chi connectivity index (χ3n) is 3.66. The molecule has 1 aromatic rings. The van der Waals surface area contributed by atoms with Crippen molar-refractivity contribution in [3.63, 3.8) is 0 Å². The molecule has 8 heteroatoms. The van der Waals surface area contributed by atoms with Crippen LogP contribution < -0.4 is 26.6 Å². The molecule has 23 heavy (non-hydrogen) atoms. The fourth-order valence-corrected chi connectivity index (χ4v) is 2.45. The first-order valence-electron chi connectivity index (χ1n) is 7.60. The number of hydrogen-bond acceptors (Lipinski definition) is 5. The van der Waals surface area contributed by atoms with Crippen molar-refractivity contribution in [2.24, 2.45) is 5.73 Å². The molecule has 1 heterocycles. The first-order chi connectivity index (χ1) is 11.2. The largest absolute Gasteiger partial charge is 0.497 e. The minimum atomic E-state index is -0.474. The maximum Gasteiger partial charge on any atom is 0.318 e. The summed E-state index contributed by atoms with van der Waals surface area (Å²) in [7, 11) is 1.59. The predicted molar refractivity (Wildman–Crippen MR) is 86.9 cm³/mol. The molecule has 1 unspecified atom stereocenters. The van der Waals surface area contributed by atoms with E-state index in [9.17, 15) is 9.59 Å². The summed E-state index contributed by atoms with van der Waals surface area (Å²) in [6, 6.07) is 6.43. The van der Waals surface area contributed by atoms with E-state index in [1.165, 1.54) is 0 Å². The molecule has 0 radical (unpaired) electrons. The molecule has 2 rings (SSSR count). The highest BCUT2D eigenvalue weighted by Crippen LogP contribution is 2.18. The number of amides is 3. The zero-order chi connectivity index (χ0) is 16.7. The summed E-state index contributed by atoms with van der Waals surface area (Å²) in [4.78, 5) is 25.8. The molecule has 0 spiro atoms. The average molecular weight is 321 g/mol. The Morgan fingerprint density at radius 3 is 2.74 bits per heavy atom. The predicted octanol–water partition coefficient (Wildman–Crippen LogP) is 0.271. The molecule has 1 aliphatic rings. The monoisotopic (exact) mass is 321 g/mol. The number of hydrazine groups is 1. The quantitative estimate of drug-likeness (QED) is 0.563. The van der Waals surface area contributed by atoms with Gasteiger partial charge in [-0.05, 0) is 37.1 Å². The Balaban J connectivity index is 1.87. The maximum atomic E-state index is 12.3. The first-order valence-corrected chi connectivity index (χ1v) is 7.60. The van der Waals surface area contributed by atoms with E-state index in [1.807, 2.05) is 0 Å².